The molecule has 0 saturated heterocycles. The molecule has 0 bridgehead atoms. The number of pyridine rings is 1. The number of benzene rings is 1. The van der Waals surface area contributed by atoms with E-state index in [-0.39, 0.29) is 46.0 Å². The number of amides is 2. The number of primary amides is 1. The van der Waals surface area contributed by atoms with Gasteiger partial charge in [-0.3, -0.25) is 9.59 Å². The molecule has 1 aliphatic heterocycles. The molecule has 2 heterocycles. The zero-order valence-electron chi connectivity index (χ0n) is 17.9. The van der Waals surface area contributed by atoms with E-state index in [0.29, 0.717) is 19.6 Å². The van der Waals surface area contributed by atoms with Crippen LogP contribution in [-0.4, -0.2) is 35.6 Å². The molecule has 1 spiro atoms. The highest BCUT2D eigenvalue weighted by molar-refractivity contribution is 5.95. The molecular formula is C24H23FN4O4. The van der Waals surface area contributed by atoms with Gasteiger partial charge in [-0.15, -0.1) is 0 Å². The number of halogens is 1. The average molecular weight is 450 g/mol. The molecule has 0 unspecified atom stereocenters. The first-order chi connectivity index (χ1) is 15.9. The fourth-order valence-electron chi connectivity index (χ4n) is 5.12. The Labute approximate surface area is 189 Å². The lowest BCUT2D eigenvalue weighted by atomic mass is 9.53. The molecule has 8 nitrogen and oxygen atoms in total. The molecule has 2 aliphatic carbocycles. The van der Waals surface area contributed by atoms with Gasteiger partial charge in [-0.05, 0) is 55.4 Å². The summed E-state index contributed by atoms with van der Waals surface area (Å²) in [7, 11) is 0. The van der Waals surface area contributed by atoms with Gasteiger partial charge in [0, 0.05) is 23.6 Å². The van der Waals surface area contributed by atoms with Gasteiger partial charge in [-0.25, -0.2) is 9.37 Å². The number of nitrogens with one attached hydrogen (secondary N) is 1. The van der Waals surface area contributed by atoms with E-state index in [1.165, 1.54) is 12.1 Å². The lowest BCUT2D eigenvalue weighted by Crippen LogP contribution is -2.58. The van der Waals surface area contributed by atoms with Gasteiger partial charge in [-0.2, -0.15) is 5.26 Å². The molecule has 1 aromatic heterocycles. The summed E-state index contributed by atoms with van der Waals surface area (Å²) in [4.78, 5) is 28.8. The van der Waals surface area contributed by atoms with Crippen molar-refractivity contribution in [2.24, 2.45) is 11.1 Å². The number of carbonyl (C=O) groups excluding carboxylic acids is 2. The first-order valence-corrected chi connectivity index (χ1v) is 10.9. The third-order valence-corrected chi connectivity index (χ3v) is 6.81. The van der Waals surface area contributed by atoms with Crippen LogP contribution in [0, 0.1) is 22.6 Å². The molecule has 2 fully saturated rings. The van der Waals surface area contributed by atoms with Gasteiger partial charge in [0.1, 0.15) is 23.6 Å². The number of rotatable bonds is 5. The highest BCUT2D eigenvalue weighted by Crippen LogP contribution is 2.56. The molecule has 3 N–H and O–H groups in total. The van der Waals surface area contributed by atoms with Crippen molar-refractivity contribution >= 4 is 11.8 Å². The van der Waals surface area contributed by atoms with E-state index in [1.54, 1.807) is 12.1 Å². The second-order valence-electron chi connectivity index (χ2n) is 9.15. The Bertz CT molecular complexity index is 1180. The summed E-state index contributed by atoms with van der Waals surface area (Å²) in [5.41, 5.74) is 7.76. The van der Waals surface area contributed by atoms with Crippen molar-refractivity contribution in [1.29, 1.82) is 5.26 Å². The van der Waals surface area contributed by atoms with Crippen molar-refractivity contribution in [2.45, 2.75) is 50.9 Å². The first-order valence-electron chi connectivity index (χ1n) is 10.9. The number of aromatic nitrogens is 1. The van der Waals surface area contributed by atoms with Crippen molar-refractivity contribution in [3.63, 3.8) is 0 Å². The maximum atomic E-state index is 13.8. The predicted molar refractivity (Wildman–Crippen MR) is 114 cm³/mol. The van der Waals surface area contributed by atoms with Crippen molar-refractivity contribution in [2.75, 3.05) is 6.61 Å². The van der Waals surface area contributed by atoms with Gasteiger partial charge in [0.15, 0.2) is 0 Å². The number of carbonyl (C=O) groups is 2. The number of nitrogens with two attached hydrogens (primary N) is 1. The molecule has 0 atom stereocenters. The van der Waals surface area contributed by atoms with Gasteiger partial charge >= 0.3 is 0 Å². The van der Waals surface area contributed by atoms with E-state index in [9.17, 15) is 14.0 Å². The van der Waals surface area contributed by atoms with E-state index in [1.807, 2.05) is 0 Å². The Morgan fingerprint density at radius 3 is 2.76 bits per heavy atom. The van der Waals surface area contributed by atoms with E-state index in [4.69, 9.17) is 20.5 Å². The molecule has 5 rings (SSSR count). The number of nitriles is 1. The second-order valence-corrected chi connectivity index (χ2v) is 9.15. The Balaban J connectivity index is 1.16. The topological polar surface area (TPSA) is 127 Å². The van der Waals surface area contributed by atoms with Crippen molar-refractivity contribution in [3.05, 3.63) is 58.0 Å². The molecule has 2 amide bonds. The minimum atomic E-state index is -0.701. The van der Waals surface area contributed by atoms with Gasteiger partial charge in [0.25, 0.3) is 11.8 Å². The number of fused-ring (bicyclic) bond motifs is 1. The summed E-state index contributed by atoms with van der Waals surface area (Å²) in [6.45, 7) is 1.00. The summed E-state index contributed by atoms with van der Waals surface area (Å²) in [6, 6.07) is 7.32. The van der Waals surface area contributed by atoms with Gasteiger partial charge in [-0.1, -0.05) is 0 Å². The van der Waals surface area contributed by atoms with Crippen LogP contribution in [0.15, 0.2) is 24.3 Å². The van der Waals surface area contributed by atoms with Crippen LogP contribution in [0.4, 0.5) is 4.39 Å². The van der Waals surface area contributed by atoms with Crippen LogP contribution in [0.2, 0.25) is 0 Å². The Morgan fingerprint density at radius 2 is 2.06 bits per heavy atom. The number of hydrogen-bond acceptors (Lipinski definition) is 6. The monoisotopic (exact) mass is 450 g/mol. The second kappa shape index (κ2) is 8.12. The number of ether oxygens (including phenoxy) is 2. The summed E-state index contributed by atoms with van der Waals surface area (Å²) in [5, 5.41) is 11.7. The smallest absolute Gasteiger partial charge is 0.254 e. The Kier molecular flexibility index (Phi) is 5.25. The summed E-state index contributed by atoms with van der Waals surface area (Å²) >= 11 is 0. The van der Waals surface area contributed by atoms with Crippen molar-refractivity contribution in [3.8, 4) is 11.9 Å². The van der Waals surface area contributed by atoms with E-state index >= 15 is 0 Å². The van der Waals surface area contributed by atoms with Crippen molar-refractivity contribution < 1.29 is 23.5 Å². The third kappa shape index (κ3) is 4.02. The average Bonchev–Trinajstić information content (AvgIpc) is 2.75. The molecule has 9 heteroatoms. The molecule has 170 valence electrons. The molecule has 3 aliphatic rings. The minimum Gasteiger partial charge on any atom is -0.474 e. The van der Waals surface area contributed by atoms with E-state index in [0.717, 1.165) is 43.0 Å². The van der Waals surface area contributed by atoms with Gasteiger partial charge in [0.05, 0.1) is 24.5 Å². The fraction of sp³-hybridized carbons (Fsp3) is 0.417. The van der Waals surface area contributed by atoms with E-state index in [2.05, 4.69) is 10.3 Å². The lowest BCUT2D eigenvalue weighted by Gasteiger charge is -2.57. The third-order valence-electron chi connectivity index (χ3n) is 6.81. The van der Waals surface area contributed by atoms with Gasteiger partial charge in [0.2, 0.25) is 5.88 Å². The highest BCUT2D eigenvalue weighted by Gasteiger charge is 2.54. The van der Waals surface area contributed by atoms with Crippen LogP contribution < -0.4 is 15.8 Å². The number of nitrogens with zero attached hydrogens (tertiary/aromatic N) is 2. The van der Waals surface area contributed by atoms with Crippen LogP contribution in [0.1, 0.15) is 63.2 Å². The number of hydrogen-bond donors (Lipinski definition) is 2. The molecule has 2 aromatic rings. The maximum absolute atomic E-state index is 13.8. The summed E-state index contributed by atoms with van der Waals surface area (Å²) in [6.07, 6.45) is 3.86. The lowest BCUT2D eigenvalue weighted by molar-refractivity contribution is -0.0849. The minimum absolute atomic E-state index is 0.0141. The zero-order chi connectivity index (χ0) is 23.2. The van der Waals surface area contributed by atoms with Crippen LogP contribution in [0.25, 0.3) is 0 Å². The molecular weight excluding hydrogens is 427 g/mol. The van der Waals surface area contributed by atoms with Crippen LogP contribution >= 0.6 is 0 Å². The quantitative estimate of drug-likeness (QED) is 0.720. The molecule has 0 radical (unpaired) electrons. The predicted octanol–water partition coefficient (Wildman–Crippen LogP) is 2.38. The van der Waals surface area contributed by atoms with Gasteiger partial charge < -0.3 is 20.5 Å². The normalized spacial score (nSPS) is 25.2. The molecule has 2 saturated carbocycles. The van der Waals surface area contributed by atoms with Crippen molar-refractivity contribution in [1.82, 2.24) is 10.3 Å². The SMILES string of the molecule is N#Cc1ccc(C(=O)N[C@H]2CC3(C2)C[C@H](Oc2nc4c(cc2C(N)=O)COCC4)C3)cc1F. The zero-order valence-corrected chi connectivity index (χ0v) is 17.9. The molecule has 1 aromatic carbocycles. The Morgan fingerprint density at radius 1 is 1.27 bits per heavy atom. The maximum Gasteiger partial charge on any atom is 0.254 e. The standard InChI is InChI=1S/C24H23FN4O4/c25-19-6-13(1-2-14(19)11-26)22(31)28-16-7-24(8-16)9-17(10-24)33-23-18(21(27)30)5-15-12-32-4-3-20(15)29-23/h1-2,5-6,16-17H,3-4,7-10,12H2,(H2,27,30)(H,28,31)/t16-,17-,24?. The van der Waals surface area contributed by atoms with Crippen LogP contribution in [0.3, 0.4) is 0 Å². The fourth-order valence-corrected chi connectivity index (χ4v) is 5.12. The first kappa shape index (κ1) is 21.3. The Hall–Kier alpha value is -3.51. The van der Waals surface area contributed by atoms with E-state index < -0.39 is 11.7 Å². The summed E-state index contributed by atoms with van der Waals surface area (Å²) < 4.78 is 25.2. The van der Waals surface area contributed by atoms with Crippen LogP contribution in [0.5, 0.6) is 5.88 Å². The van der Waals surface area contributed by atoms with Crippen LogP contribution in [-0.2, 0) is 17.8 Å². The molecule has 33 heavy (non-hydrogen) atoms. The largest absolute Gasteiger partial charge is 0.474 e. The summed E-state index contributed by atoms with van der Waals surface area (Å²) in [5.74, 6) is -1.34. The highest BCUT2D eigenvalue weighted by atomic mass is 19.1.